The number of carbonyl (C=O) groups is 2. The molecule has 0 aromatic heterocycles. The Hall–Kier alpha value is -2.99. The average Bonchev–Trinajstić information content (AvgIpc) is 2.65. The number of hydrogen-bond acceptors (Lipinski definition) is 2. The molecule has 0 radical (unpaired) electrons. The monoisotopic (exact) mass is 426 g/mol. The van der Waals surface area contributed by atoms with E-state index < -0.39 is 17.6 Å². The van der Waals surface area contributed by atoms with Crippen LogP contribution in [-0.4, -0.2) is 11.8 Å². The molecule has 0 saturated carbocycles. The van der Waals surface area contributed by atoms with Crippen molar-refractivity contribution in [2.75, 3.05) is 10.6 Å². The molecule has 3 aromatic rings. The summed E-state index contributed by atoms with van der Waals surface area (Å²) >= 11 is 3.31. The summed E-state index contributed by atoms with van der Waals surface area (Å²) in [6.45, 7) is 1.84. The molecule has 0 heterocycles. The number of nitrogens with one attached hydrogen (secondary N) is 2. The second-order valence-corrected chi connectivity index (χ2v) is 6.81. The Morgan fingerprint density at radius 3 is 2.04 bits per heavy atom. The van der Waals surface area contributed by atoms with Crippen molar-refractivity contribution in [2.24, 2.45) is 0 Å². The van der Waals surface area contributed by atoms with Gasteiger partial charge in [0.05, 0.1) is 11.1 Å². The average molecular weight is 427 g/mol. The smallest absolute Gasteiger partial charge is 0.258 e. The van der Waals surface area contributed by atoms with E-state index in [0.29, 0.717) is 11.4 Å². The molecule has 136 valence electrons. The first-order chi connectivity index (χ1) is 13.0. The number of anilines is 2. The lowest BCUT2D eigenvalue weighted by atomic mass is 10.1. The van der Waals surface area contributed by atoms with Gasteiger partial charge in [-0.15, -0.1) is 0 Å². The molecule has 2 N–H and O–H groups in total. The number of halogens is 2. The van der Waals surface area contributed by atoms with Crippen molar-refractivity contribution in [3.05, 3.63) is 93.7 Å². The van der Waals surface area contributed by atoms with E-state index in [1.54, 1.807) is 36.4 Å². The van der Waals surface area contributed by atoms with Gasteiger partial charge in [0.1, 0.15) is 5.82 Å². The molecule has 0 bridgehead atoms. The fourth-order valence-electron chi connectivity index (χ4n) is 2.52. The molecule has 0 aliphatic rings. The molecule has 0 aliphatic carbocycles. The summed E-state index contributed by atoms with van der Waals surface area (Å²) in [5, 5.41) is 5.29. The normalized spacial score (nSPS) is 10.3. The Morgan fingerprint density at radius 2 is 1.41 bits per heavy atom. The molecule has 0 fully saturated rings. The van der Waals surface area contributed by atoms with Gasteiger partial charge in [0, 0.05) is 15.8 Å². The number of aryl methyl sites for hydroxylation is 1. The predicted octanol–water partition coefficient (Wildman–Crippen LogP) is 5.40. The molecule has 0 aliphatic heterocycles. The van der Waals surface area contributed by atoms with Gasteiger partial charge in [0.25, 0.3) is 11.8 Å². The van der Waals surface area contributed by atoms with Crippen LogP contribution in [0.5, 0.6) is 0 Å². The zero-order chi connectivity index (χ0) is 19.4. The second-order valence-electron chi connectivity index (χ2n) is 5.90. The number of hydrogen-bond donors (Lipinski definition) is 2. The van der Waals surface area contributed by atoms with E-state index in [1.807, 2.05) is 19.1 Å². The molecule has 3 aromatic carbocycles. The van der Waals surface area contributed by atoms with Crippen LogP contribution in [0.15, 0.2) is 71.2 Å². The highest BCUT2D eigenvalue weighted by Gasteiger charge is 2.19. The van der Waals surface area contributed by atoms with E-state index in [1.165, 1.54) is 18.2 Å². The minimum absolute atomic E-state index is 0.193. The first-order valence-electron chi connectivity index (χ1n) is 8.18. The first kappa shape index (κ1) is 18.8. The Kier molecular flexibility index (Phi) is 5.66. The van der Waals surface area contributed by atoms with Crippen LogP contribution in [0, 0.1) is 12.7 Å². The highest BCUT2D eigenvalue weighted by atomic mass is 79.9. The highest BCUT2D eigenvalue weighted by Crippen LogP contribution is 2.20. The summed E-state index contributed by atoms with van der Waals surface area (Å²) < 4.78 is 15.7. The van der Waals surface area contributed by atoms with Crippen molar-refractivity contribution in [3.63, 3.8) is 0 Å². The predicted molar refractivity (Wildman–Crippen MR) is 108 cm³/mol. The van der Waals surface area contributed by atoms with Crippen molar-refractivity contribution in [3.8, 4) is 0 Å². The molecule has 0 unspecified atom stereocenters. The summed E-state index contributed by atoms with van der Waals surface area (Å²) in [6.07, 6.45) is 0. The summed E-state index contributed by atoms with van der Waals surface area (Å²) in [5.41, 5.74) is 1.58. The molecule has 27 heavy (non-hydrogen) atoms. The topological polar surface area (TPSA) is 58.2 Å². The van der Waals surface area contributed by atoms with E-state index >= 15 is 0 Å². The zero-order valence-corrected chi connectivity index (χ0v) is 16.0. The van der Waals surface area contributed by atoms with Gasteiger partial charge in [-0.05, 0) is 55.0 Å². The number of rotatable bonds is 4. The van der Waals surface area contributed by atoms with Crippen LogP contribution in [0.1, 0.15) is 26.3 Å². The van der Waals surface area contributed by atoms with Crippen molar-refractivity contribution < 1.29 is 14.0 Å². The van der Waals surface area contributed by atoms with E-state index in [0.717, 1.165) is 10.0 Å². The minimum atomic E-state index is -0.863. The quantitative estimate of drug-likeness (QED) is 0.586. The maximum atomic E-state index is 14.8. The first-order valence-corrected chi connectivity index (χ1v) is 8.97. The van der Waals surface area contributed by atoms with Crippen LogP contribution in [0.4, 0.5) is 15.8 Å². The van der Waals surface area contributed by atoms with Gasteiger partial charge < -0.3 is 10.6 Å². The van der Waals surface area contributed by atoms with Gasteiger partial charge in [-0.2, -0.15) is 0 Å². The van der Waals surface area contributed by atoms with Gasteiger partial charge in [0.15, 0.2) is 0 Å². The SMILES string of the molecule is Cc1ccccc1NC(=O)c1cccc(C(=O)Nc2ccc(Br)cc2)c1F. The summed E-state index contributed by atoms with van der Waals surface area (Å²) in [7, 11) is 0. The van der Waals surface area contributed by atoms with Crippen LogP contribution in [0.25, 0.3) is 0 Å². The van der Waals surface area contributed by atoms with E-state index in [4.69, 9.17) is 0 Å². The van der Waals surface area contributed by atoms with Crippen molar-refractivity contribution in [2.45, 2.75) is 6.92 Å². The van der Waals surface area contributed by atoms with Crippen LogP contribution in [-0.2, 0) is 0 Å². The third-order valence-electron chi connectivity index (χ3n) is 3.98. The maximum absolute atomic E-state index is 14.8. The van der Waals surface area contributed by atoms with Gasteiger partial charge in [0.2, 0.25) is 0 Å². The largest absolute Gasteiger partial charge is 0.322 e. The Bertz CT molecular complexity index is 1000. The summed E-state index contributed by atoms with van der Waals surface area (Å²) in [5.74, 6) is -2.10. The van der Waals surface area contributed by atoms with Crippen molar-refractivity contribution in [1.29, 1.82) is 0 Å². The number of amides is 2. The van der Waals surface area contributed by atoms with Gasteiger partial charge in [-0.1, -0.05) is 40.2 Å². The number of benzene rings is 3. The number of carbonyl (C=O) groups excluding carboxylic acids is 2. The maximum Gasteiger partial charge on any atom is 0.258 e. The molecule has 4 nitrogen and oxygen atoms in total. The second kappa shape index (κ2) is 8.14. The fourth-order valence-corrected chi connectivity index (χ4v) is 2.78. The Labute approximate surface area is 164 Å². The van der Waals surface area contributed by atoms with Gasteiger partial charge >= 0.3 is 0 Å². The van der Waals surface area contributed by atoms with E-state index in [9.17, 15) is 14.0 Å². The summed E-state index contributed by atoms with van der Waals surface area (Å²) in [6, 6.07) is 18.3. The molecular formula is C21H16BrFN2O2. The minimum Gasteiger partial charge on any atom is -0.322 e. The van der Waals surface area contributed by atoms with E-state index in [-0.39, 0.29) is 11.1 Å². The van der Waals surface area contributed by atoms with Gasteiger partial charge in [-0.3, -0.25) is 9.59 Å². The van der Waals surface area contributed by atoms with Crippen molar-refractivity contribution in [1.82, 2.24) is 0 Å². The van der Waals surface area contributed by atoms with Crippen LogP contribution in [0.2, 0.25) is 0 Å². The third kappa shape index (κ3) is 4.41. The van der Waals surface area contributed by atoms with Crippen LogP contribution >= 0.6 is 15.9 Å². The lowest BCUT2D eigenvalue weighted by molar-refractivity contribution is 0.102. The highest BCUT2D eigenvalue weighted by molar-refractivity contribution is 9.10. The fraction of sp³-hybridized carbons (Fsp3) is 0.0476. The molecule has 3 rings (SSSR count). The van der Waals surface area contributed by atoms with Gasteiger partial charge in [-0.25, -0.2) is 4.39 Å². The Balaban J connectivity index is 1.82. The van der Waals surface area contributed by atoms with Crippen LogP contribution in [0.3, 0.4) is 0 Å². The lowest BCUT2D eigenvalue weighted by Crippen LogP contribution is -2.19. The third-order valence-corrected chi connectivity index (χ3v) is 4.51. The lowest BCUT2D eigenvalue weighted by Gasteiger charge is -2.11. The van der Waals surface area contributed by atoms with Crippen LogP contribution < -0.4 is 10.6 Å². The molecule has 0 saturated heterocycles. The molecule has 0 atom stereocenters. The molecule has 2 amide bonds. The van der Waals surface area contributed by atoms with E-state index in [2.05, 4.69) is 26.6 Å². The van der Waals surface area contributed by atoms with Crippen molar-refractivity contribution >= 4 is 39.1 Å². The molecular weight excluding hydrogens is 411 g/mol. The molecule has 0 spiro atoms. The standard InChI is InChI=1S/C21H16BrFN2O2/c1-13-5-2-3-8-18(13)25-21(27)17-7-4-6-16(19(17)23)20(26)24-15-11-9-14(22)10-12-15/h2-12H,1H3,(H,24,26)(H,25,27). The summed E-state index contributed by atoms with van der Waals surface area (Å²) in [4.78, 5) is 24.9. The zero-order valence-electron chi connectivity index (χ0n) is 14.4. The molecule has 6 heteroatoms. The Morgan fingerprint density at radius 1 is 0.815 bits per heavy atom. The number of para-hydroxylation sites is 1.